The Morgan fingerprint density at radius 1 is 1.53 bits per heavy atom. The van der Waals surface area contributed by atoms with E-state index < -0.39 is 6.17 Å². The highest BCUT2D eigenvalue weighted by molar-refractivity contribution is 6.30. The van der Waals surface area contributed by atoms with Crippen molar-refractivity contribution in [1.29, 1.82) is 0 Å². The molecular formula is C12H19ClFN3. The van der Waals surface area contributed by atoms with Gasteiger partial charge in [-0.3, -0.25) is 4.68 Å². The summed E-state index contributed by atoms with van der Waals surface area (Å²) in [7, 11) is 1.79. The molecule has 1 aromatic rings. The van der Waals surface area contributed by atoms with Crippen LogP contribution in [0, 0.1) is 12.8 Å². The second kappa shape index (κ2) is 5.36. The van der Waals surface area contributed by atoms with Gasteiger partial charge in [-0.25, -0.2) is 4.39 Å². The van der Waals surface area contributed by atoms with Gasteiger partial charge in [0.25, 0.3) is 0 Å². The number of aryl methyl sites for hydroxylation is 2. The topological polar surface area (TPSA) is 29.9 Å². The van der Waals surface area contributed by atoms with E-state index in [0.717, 1.165) is 37.2 Å². The van der Waals surface area contributed by atoms with Crippen LogP contribution in [0.4, 0.5) is 4.39 Å². The molecule has 0 aliphatic carbocycles. The summed E-state index contributed by atoms with van der Waals surface area (Å²) in [5, 5.41) is 8.03. The van der Waals surface area contributed by atoms with Crippen molar-refractivity contribution >= 4 is 11.6 Å². The van der Waals surface area contributed by atoms with Crippen LogP contribution >= 0.6 is 11.6 Å². The molecule has 3 nitrogen and oxygen atoms in total. The van der Waals surface area contributed by atoms with E-state index in [2.05, 4.69) is 10.4 Å². The average molecular weight is 260 g/mol. The molecule has 96 valence electrons. The van der Waals surface area contributed by atoms with E-state index in [0.29, 0.717) is 11.6 Å². The number of hydrogen-bond acceptors (Lipinski definition) is 2. The number of hydrogen-bond donors (Lipinski definition) is 1. The van der Waals surface area contributed by atoms with Crippen LogP contribution in [0.25, 0.3) is 0 Å². The summed E-state index contributed by atoms with van der Waals surface area (Å²) in [6.45, 7) is 3.73. The molecule has 1 N–H and O–H groups in total. The van der Waals surface area contributed by atoms with E-state index in [1.165, 1.54) is 0 Å². The molecule has 1 aliphatic heterocycles. The Hall–Kier alpha value is -0.610. The predicted octanol–water partition coefficient (Wildman–Crippen LogP) is 2.26. The second-order valence-corrected chi connectivity index (χ2v) is 5.14. The van der Waals surface area contributed by atoms with Gasteiger partial charge in [0.1, 0.15) is 11.3 Å². The van der Waals surface area contributed by atoms with Crippen LogP contribution in [0.15, 0.2) is 0 Å². The van der Waals surface area contributed by atoms with Crippen molar-refractivity contribution in [3.63, 3.8) is 0 Å². The molecule has 0 aromatic carbocycles. The Labute approximate surface area is 106 Å². The number of nitrogens with one attached hydrogen (secondary N) is 1. The molecule has 1 aromatic heterocycles. The first kappa shape index (κ1) is 12.8. The Morgan fingerprint density at radius 3 is 2.71 bits per heavy atom. The molecule has 2 rings (SSSR count). The van der Waals surface area contributed by atoms with Gasteiger partial charge in [0.15, 0.2) is 0 Å². The highest BCUT2D eigenvalue weighted by Gasteiger charge is 2.25. The van der Waals surface area contributed by atoms with Crippen LogP contribution in [-0.2, 0) is 13.5 Å². The highest BCUT2D eigenvalue weighted by atomic mass is 35.5. The zero-order chi connectivity index (χ0) is 12.4. The minimum atomic E-state index is -0.808. The summed E-state index contributed by atoms with van der Waals surface area (Å²) < 4.78 is 15.8. The van der Waals surface area contributed by atoms with E-state index in [4.69, 9.17) is 11.6 Å². The number of nitrogens with zero attached hydrogens (tertiary/aromatic N) is 2. The standard InChI is InChI=1S/C12H19ClFN3/c1-8-10(12(13)17(2)16-8)7-11(14)9-3-5-15-6-4-9/h9,11,15H,3-7H2,1-2H3. The molecule has 1 fully saturated rings. The van der Waals surface area contributed by atoms with Crippen LogP contribution in [0.1, 0.15) is 24.1 Å². The third-order valence-corrected chi connectivity index (χ3v) is 4.04. The Bertz CT molecular complexity index is 385. The third kappa shape index (κ3) is 2.80. The van der Waals surface area contributed by atoms with Crippen LogP contribution in [0.3, 0.4) is 0 Å². The first-order valence-corrected chi connectivity index (χ1v) is 6.50. The summed E-state index contributed by atoms with van der Waals surface area (Å²) >= 11 is 6.12. The Balaban J connectivity index is 2.04. The van der Waals surface area contributed by atoms with Crippen molar-refractivity contribution in [3.8, 4) is 0 Å². The summed E-state index contributed by atoms with van der Waals surface area (Å²) in [6, 6.07) is 0. The summed E-state index contributed by atoms with van der Waals surface area (Å²) in [5.41, 5.74) is 1.70. The molecule has 1 atom stereocenters. The van der Waals surface area contributed by atoms with Crippen LogP contribution in [-0.4, -0.2) is 29.0 Å². The molecule has 0 saturated carbocycles. The number of rotatable bonds is 3. The molecule has 1 aliphatic rings. The lowest BCUT2D eigenvalue weighted by atomic mass is 9.90. The molecule has 1 unspecified atom stereocenters. The van der Waals surface area contributed by atoms with E-state index in [-0.39, 0.29) is 5.92 Å². The summed E-state index contributed by atoms with van der Waals surface area (Å²) in [5.74, 6) is 0.159. The number of halogens is 2. The monoisotopic (exact) mass is 259 g/mol. The minimum absolute atomic E-state index is 0.159. The lowest BCUT2D eigenvalue weighted by molar-refractivity contribution is 0.187. The van der Waals surface area contributed by atoms with Gasteiger partial charge in [-0.2, -0.15) is 5.10 Å². The molecule has 1 saturated heterocycles. The molecule has 0 radical (unpaired) electrons. The van der Waals surface area contributed by atoms with E-state index >= 15 is 0 Å². The fraction of sp³-hybridized carbons (Fsp3) is 0.750. The van der Waals surface area contributed by atoms with Crippen molar-refractivity contribution < 1.29 is 4.39 Å². The average Bonchev–Trinajstić information content (AvgIpc) is 2.57. The normalized spacial score (nSPS) is 19.5. The second-order valence-electron chi connectivity index (χ2n) is 4.79. The number of alkyl halides is 1. The SMILES string of the molecule is Cc1nn(C)c(Cl)c1CC(F)C1CCNCC1. The van der Waals surface area contributed by atoms with Crippen molar-refractivity contribution in [3.05, 3.63) is 16.4 Å². The maximum absolute atomic E-state index is 14.2. The maximum atomic E-state index is 14.2. The van der Waals surface area contributed by atoms with E-state index in [1.807, 2.05) is 6.92 Å². The first-order valence-electron chi connectivity index (χ1n) is 6.12. The van der Waals surface area contributed by atoms with Crippen molar-refractivity contribution in [1.82, 2.24) is 15.1 Å². The molecule has 0 spiro atoms. The van der Waals surface area contributed by atoms with Crippen molar-refractivity contribution in [2.75, 3.05) is 13.1 Å². The van der Waals surface area contributed by atoms with Gasteiger partial charge < -0.3 is 5.32 Å². The Morgan fingerprint density at radius 2 is 2.18 bits per heavy atom. The Kier molecular flexibility index (Phi) is 4.05. The smallest absolute Gasteiger partial charge is 0.130 e. The molecule has 17 heavy (non-hydrogen) atoms. The largest absolute Gasteiger partial charge is 0.317 e. The van der Waals surface area contributed by atoms with Crippen molar-refractivity contribution in [2.45, 2.75) is 32.4 Å². The van der Waals surface area contributed by atoms with Crippen molar-refractivity contribution in [2.24, 2.45) is 13.0 Å². The number of piperidine rings is 1. The zero-order valence-electron chi connectivity index (χ0n) is 10.3. The molecule has 0 amide bonds. The van der Waals surface area contributed by atoms with Gasteiger partial charge in [0.2, 0.25) is 0 Å². The first-order chi connectivity index (χ1) is 8.09. The number of aromatic nitrogens is 2. The third-order valence-electron chi connectivity index (χ3n) is 3.56. The van der Waals surface area contributed by atoms with Crippen LogP contribution in [0.5, 0.6) is 0 Å². The van der Waals surface area contributed by atoms with E-state index in [1.54, 1.807) is 11.7 Å². The lowest BCUT2D eigenvalue weighted by Gasteiger charge is -2.25. The van der Waals surface area contributed by atoms with Crippen LogP contribution in [0.2, 0.25) is 5.15 Å². The summed E-state index contributed by atoms with van der Waals surface area (Å²) in [4.78, 5) is 0. The highest BCUT2D eigenvalue weighted by Crippen LogP contribution is 2.27. The van der Waals surface area contributed by atoms with Gasteiger partial charge >= 0.3 is 0 Å². The maximum Gasteiger partial charge on any atom is 0.130 e. The quantitative estimate of drug-likeness (QED) is 0.903. The van der Waals surface area contributed by atoms with Gasteiger partial charge in [0, 0.05) is 19.0 Å². The molecule has 0 bridgehead atoms. The van der Waals surface area contributed by atoms with Gasteiger partial charge in [0.05, 0.1) is 5.69 Å². The molecular weight excluding hydrogens is 241 g/mol. The minimum Gasteiger partial charge on any atom is -0.317 e. The predicted molar refractivity (Wildman–Crippen MR) is 67.1 cm³/mol. The van der Waals surface area contributed by atoms with Crippen LogP contribution < -0.4 is 5.32 Å². The van der Waals surface area contributed by atoms with Gasteiger partial charge in [-0.1, -0.05) is 11.6 Å². The molecule has 2 heterocycles. The van der Waals surface area contributed by atoms with Gasteiger partial charge in [-0.05, 0) is 38.8 Å². The summed E-state index contributed by atoms with van der Waals surface area (Å²) in [6.07, 6.45) is 1.41. The fourth-order valence-electron chi connectivity index (χ4n) is 2.47. The fourth-order valence-corrected chi connectivity index (χ4v) is 2.73. The lowest BCUT2D eigenvalue weighted by Crippen LogP contribution is -2.33. The molecule has 5 heteroatoms. The van der Waals surface area contributed by atoms with E-state index in [9.17, 15) is 4.39 Å². The zero-order valence-corrected chi connectivity index (χ0v) is 11.1. The van der Waals surface area contributed by atoms with Gasteiger partial charge in [-0.15, -0.1) is 0 Å².